The van der Waals surface area contributed by atoms with Crippen LogP contribution in [0.15, 0.2) is 49.1 Å². The van der Waals surface area contributed by atoms with Crippen molar-refractivity contribution < 1.29 is 4.79 Å². The molecule has 0 bridgehead atoms. The number of nitrogens with two attached hydrogens (primary N) is 2. The Morgan fingerprint density at radius 2 is 1.20 bits per heavy atom. The van der Waals surface area contributed by atoms with E-state index < -0.39 is 0 Å². The van der Waals surface area contributed by atoms with Gasteiger partial charge in [-0.1, -0.05) is 0 Å². The first-order valence-corrected chi connectivity index (χ1v) is 6.51. The lowest BCUT2D eigenvalue weighted by Gasteiger charge is -2.21. The van der Waals surface area contributed by atoms with Gasteiger partial charge in [-0.05, 0) is 35.4 Å². The molecule has 5 heteroatoms. The van der Waals surface area contributed by atoms with Crippen molar-refractivity contribution in [3.8, 4) is 0 Å². The summed E-state index contributed by atoms with van der Waals surface area (Å²) >= 11 is 0. The van der Waals surface area contributed by atoms with Gasteiger partial charge in [0.15, 0.2) is 0 Å². The summed E-state index contributed by atoms with van der Waals surface area (Å²) in [6, 6.07) is 7.26. The van der Waals surface area contributed by atoms with Crippen LogP contribution in [0.3, 0.4) is 0 Å². The highest BCUT2D eigenvalue weighted by atomic mass is 16.1. The molecule has 2 heterocycles. The first kappa shape index (κ1) is 14.3. The molecule has 0 fully saturated rings. The second kappa shape index (κ2) is 6.88. The molecular formula is C15H18N4O. The predicted octanol–water partition coefficient (Wildman–Crippen LogP) is 0.831. The lowest BCUT2D eigenvalue weighted by molar-refractivity contribution is -0.121. The number of aromatic nitrogens is 2. The van der Waals surface area contributed by atoms with Crippen LogP contribution >= 0.6 is 0 Å². The summed E-state index contributed by atoms with van der Waals surface area (Å²) in [6.45, 7) is 0.509. The standard InChI is InChI=1S/C15H18N4O/c16-9-13(11-1-5-18-6-2-11)15(20)14(10-17)12-3-7-19-8-4-12/h1-8,13-14H,9-10,16-17H2. The fraction of sp³-hybridized carbons (Fsp3) is 0.267. The van der Waals surface area contributed by atoms with Gasteiger partial charge in [-0.2, -0.15) is 0 Å². The average Bonchev–Trinajstić information content (AvgIpc) is 2.51. The molecule has 0 saturated carbocycles. The lowest BCUT2D eigenvalue weighted by Crippen LogP contribution is -2.30. The maximum absolute atomic E-state index is 12.7. The van der Waals surface area contributed by atoms with Gasteiger partial charge in [0.05, 0.1) is 11.8 Å². The van der Waals surface area contributed by atoms with Crippen molar-refractivity contribution >= 4 is 5.78 Å². The molecule has 20 heavy (non-hydrogen) atoms. The van der Waals surface area contributed by atoms with Crippen molar-refractivity contribution in [2.75, 3.05) is 13.1 Å². The molecule has 0 saturated heterocycles. The van der Waals surface area contributed by atoms with E-state index in [9.17, 15) is 4.79 Å². The van der Waals surface area contributed by atoms with Gasteiger partial charge in [-0.15, -0.1) is 0 Å². The fourth-order valence-electron chi connectivity index (χ4n) is 2.27. The Bertz CT molecular complexity index is 495. The van der Waals surface area contributed by atoms with Crippen LogP contribution in [0.1, 0.15) is 23.0 Å². The van der Waals surface area contributed by atoms with Crippen LogP contribution in [0.4, 0.5) is 0 Å². The zero-order chi connectivity index (χ0) is 14.4. The van der Waals surface area contributed by atoms with Crippen LogP contribution in [-0.2, 0) is 4.79 Å². The summed E-state index contributed by atoms with van der Waals surface area (Å²) in [6.07, 6.45) is 6.65. The van der Waals surface area contributed by atoms with E-state index in [0.717, 1.165) is 11.1 Å². The Morgan fingerprint density at radius 1 is 0.850 bits per heavy atom. The zero-order valence-corrected chi connectivity index (χ0v) is 11.1. The Morgan fingerprint density at radius 3 is 1.50 bits per heavy atom. The molecule has 0 aromatic carbocycles. The van der Waals surface area contributed by atoms with Crippen LogP contribution < -0.4 is 11.5 Å². The highest BCUT2D eigenvalue weighted by molar-refractivity contribution is 5.92. The molecule has 0 amide bonds. The van der Waals surface area contributed by atoms with Crippen molar-refractivity contribution in [1.82, 2.24) is 9.97 Å². The number of hydrogen-bond donors (Lipinski definition) is 2. The summed E-state index contributed by atoms with van der Waals surface area (Å²) in [7, 11) is 0. The zero-order valence-electron chi connectivity index (χ0n) is 11.1. The molecule has 2 aromatic heterocycles. The van der Waals surface area contributed by atoms with Gasteiger partial charge in [0.1, 0.15) is 5.78 Å². The van der Waals surface area contributed by atoms with Gasteiger partial charge in [-0.3, -0.25) is 14.8 Å². The number of hydrogen-bond acceptors (Lipinski definition) is 5. The van der Waals surface area contributed by atoms with E-state index >= 15 is 0 Å². The number of ketones is 1. The summed E-state index contributed by atoms with van der Waals surface area (Å²) in [5.74, 6) is -0.688. The number of nitrogens with zero attached hydrogens (tertiary/aromatic N) is 2. The van der Waals surface area contributed by atoms with Gasteiger partial charge in [-0.25, -0.2) is 0 Å². The van der Waals surface area contributed by atoms with Crippen LogP contribution in [-0.4, -0.2) is 28.8 Å². The quantitative estimate of drug-likeness (QED) is 0.810. The molecule has 0 aliphatic carbocycles. The van der Waals surface area contributed by atoms with Crippen LogP contribution in [0.5, 0.6) is 0 Å². The molecule has 104 valence electrons. The molecular weight excluding hydrogens is 252 g/mol. The molecule has 0 spiro atoms. The minimum atomic E-state index is -0.361. The molecule has 4 N–H and O–H groups in total. The molecule has 0 aliphatic rings. The van der Waals surface area contributed by atoms with Crippen molar-refractivity contribution in [1.29, 1.82) is 0 Å². The second-order valence-corrected chi connectivity index (χ2v) is 4.54. The summed E-state index contributed by atoms with van der Waals surface area (Å²) < 4.78 is 0. The van der Waals surface area contributed by atoms with Crippen LogP contribution in [0.25, 0.3) is 0 Å². The largest absolute Gasteiger partial charge is 0.329 e. The maximum atomic E-state index is 12.7. The van der Waals surface area contributed by atoms with E-state index in [1.54, 1.807) is 24.8 Å². The van der Waals surface area contributed by atoms with E-state index in [2.05, 4.69) is 9.97 Å². The molecule has 0 radical (unpaired) electrons. The Balaban J connectivity index is 2.28. The molecule has 2 aromatic rings. The topological polar surface area (TPSA) is 94.9 Å². The Hall–Kier alpha value is -2.11. The number of carbonyl (C=O) groups excluding carboxylic acids is 1. The van der Waals surface area contributed by atoms with Crippen LogP contribution in [0, 0.1) is 0 Å². The van der Waals surface area contributed by atoms with Crippen molar-refractivity contribution in [3.63, 3.8) is 0 Å². The normalized spacial score (nSPS) is 13.7. The van der Waals surface area contributed by atoms with E-state index in [0.29, 0.717) is 0 Å². The summed E-state index contributed by atoms with van der Waals surface area (Å²) in [5, 5.41) is 0. The third-order valence-corrected chi connectivity index (χ3v) is 3.38. The van der Waals surface area contributed by atoms with Crippen molar-refractivity contribution in [2.24, 2.45) is 11.5 Å². The summed E-state index contributed by atoms with van der Waals surface area (Å²) in [4.78, 5) is 20.6. The monoisotopic (exact) mass is 270 g/mol. The molecule has 5 nitrogen and oxygen atoms in total. The van der Waals surface area contributed by atoms with Crippen molar-refractivity contribution in [3.05, 3.63) is 60.2 Å². The van der Waals surface area contributed by atoms with E-state index in [1.807, 2.05) is 24.3 Å². The van der Waals surface area contributed by atoms with Gasteiger partial charge in [0.25, 0.3) is 0 Å². The van der Waals surface area contributed by atoms with Gasteiger partial charge in [0.2, 0.25) is 0 Å². The van der Waals surface area contributed by atoms with Gasteiger partial charge in [0, 0.05) is 37.9 Å². The first-order chi connectivity index (χ1) is 9.77. The van der Waals surface area contributed by atoms with Gasteiger partial charge < -0.3 is 11.5 Å². The number of carbonyl (C=O) groups is 1. The minimum absolute atomic E-state index is 0.0346. The molecule has 2 atom stereocenters. The van der Waals surface area contributed by atoms with Crippen LogP contribution in [0.2, 0.25) is 0 Å². The number of rotatable bonds is 6. The lowest BCUT2D eigenvalue weighted by atomic mass is 9.84. The highest BCUT2D eigenvalue weighted by Crippen LogP contribution is 2.24. The summed E-state index contributed by atoms with van der Waals surface area (Å²) in [5.41, 5.74) is 13.3. The average molecular weight is 270 g/mol. The Kier molecular flexibility index (Phi) is 4.92. The molecule has 2 rings (SSSR count). The maximum Gasteiger partial charge on any atom is 0.150 e. The highest BCUT2D eigenvalue weighted by Gasteiger charge is 2.27. The second-order valence-electron chi connectivity index (χ2n) is 4.54. The SMILES string of the molecule is NCC(C(=O)C(CN)c1ccncc1)c1ccncc1. The third kappa shape index (κ3) is 3.07. The minimum Gasteiger partial charge on any atom is -0.329 e. The van der Waals surface area contributed by atoms with E-state index in [4.69, 9.17) is 11.5 Å². The Labute approximate surface area is 118 Å². The number of pyridine rings is 2. The van der Waals surface area contributed by atoms with Gasteiger partial charge >= 0.3 is 0 Å². The van der Waals surface area contributed by atoms with E-state index in [-0.39, 0.29) is 30.7 Å². The first-order valence-electron chi connectivity index (χ1n) is 6.51. The molecule has 2 unspecified atom stereocenters. The third-order valence-electron chi connectivity index (χ3n) is 3.38. The fourth-order valence-corrected chi connectivity index (χ4v) is 2.27. The molecule has 0 aliphatic heterocycles. The predicted molar refractivity (Wildman–Crippen MR) is 77.1 cm³/mol. The smallest absolute Gasteiger partial charge is 0.150 e. The number of Topliss-reactive ketones (excluding diaryl/α,β-unsaturated/α-hetero) is 1. The van der Waals surface area contributed by atoms with Crippen molar-refractivity contribution in [2.45, 2.75) is 11.8 Å². The van der Waals surface area contributed by atoms with E-state index in [1.165, 1.54) is 0 Å².